The zero-order chi connectivity index (χ0) is 23.4. The first-order valence-corrected chi connectivity index (χ1v) is 10.3. The number of nitrogens with zero attached hydrogens (tertiary/aromatic N) is 2. The lowest BCUT2D eigenvalue weighted by Crippen LogP contribution is -2.14. The second-order valence-corrected chi connectivity index (χ2v) is 7.44. The second-order valence-electron chi connectivity index (χ2n) is 7.03. The highest BCUT2D eigenvalue weighted by Crippen LogP contribution is 2.35. The average molecular weight is 468 g/mol. The highest BCUT2D eigenvalue weighted by atomic mass is 35.5. The minimum Gasteiger partial charge on any atom is -0.493 e. The summed E-state index contributed by atoms with van der Waals surface area (Å²) in [5.41, 5.74) is 1.41. The maximum absolute atomic E-state index is 14.4. The Labute approximate surface area is 194 Å². The Balaban J connectivity index is 1.60. The molecule has 9 heteroatoms. The number of anilines is 1. The Kier molecular flexibility index (Phi) is 6.55. The van der Waals surface area contributed by atoms with Gasteiger partial charge in [0.1, 0.15) is 29.4 Å². The van der Waals surface area contributed by atoms with E-state index in [1.54, 1.807) is 37.5 Å². The quantitative estimate of drug-likeness (QED) is 0.376. The smallest absolute Gasteiger partial charge is 0.261 e. The van der Waals surface area contributed by atoms with Crippen LogP contribution >= 0.6 is 11.6 Å². The van der Waals surface area contributed by atoms with Crippen molar-refractivity contribution in [1.29, 1.82) is 0 Å². The Morgan fingerprint density at radius 2 is 2.03 bits per heavy atom. The number of aromatic nitrogens is 2. The number of hydrogen-bond donors (Lipinski definition) is 1. The van der Waals surface area contributed by atoms with Crippen LogP contribution in [0, 0.1) is 12.7 Å². The van der Waals surface area contributed by atoms with Crippen molar-refractivity contribution in [3.8, 4) is 22.8 Å². The molecule has 1 N–H and O–H groups in total. The fraction of sp³-hybridized carbons (Fsp3) is 0.125. The molecule has 168 valence electrons. The van der Waals surface area contributed by atoms with E-state index in [0.717, 1.165) is 5.56 Å². The Morgan fingerprint density at radius 3 is 2.76 bits per heavy atom. The van der Waals surface area contributed by atoms with Crippen molar-refractivity contribution in [3.63, 3.8) is 0 Å². The van der Waals surface area contributed by atoms with Gasteiger partial charge in [0.15, 0.2) is 11.5 Å². The summed E-state index contributed by atoms with van der Waals surface area (Å²) in [5.74, 6) is 0.00524. The fourth-order valence-electron chi connectivity index (χ4n) is 3.24. The maximum atomic E-state index is 14.4. The number of hydrogen-bond acceptors (Lipinski definition) is 6. The molecule has 4 aromatic rings. The Morgan fingerprint density at radius 1 is 1.18 bits per heavy atom. The third-order valence-corrected chi connectivity index (χ3v) is 5.14. The van der Waals surface area contributed by atoms with Crippen molar-refractivity contribution < 1.29 is 23.2 Å². The molecule has 0 fully saturated rings. The molecule has 2 heterocycles. The summed E-state index contributed by atoms with van der Waals surface area (Å²) < 4.78 is 30.8. The van der Waals surface area contributed by atoms with Crippen molar-refractivity contribution in [2.75, 3.05) is 12.4 Å². The third kappa shape index (κ3) is 4.80. The second kappa shape index (κ2) is 9.70. The minimum atomic E-state index is -0.611. The predicted molar refractivity (Wildman–Crippen MR) is 121 cm³/mol. The van der Waals surface area contributed by atoms with Crippen molar-refractivity contribution in [2.24, 2.45) is 0 Å². The van der Waals surface area contributed by atoms with Crippen LogP contribution in [-0.4, -0.2) is 23.2 Å². The van der Waals surface area contributed by atoms with E-state index in [2.05, 4.69) is 15.5 Å². The van der Waals surface area contributed by atoms with E-state index in [1.165, 1.54) is 25.3 Å². The number of ether oxygens (including phenoxy) is 2. The van der Waals surface area contributed by atoms with Crippen molar-refractivity contribution in [1.82, 2.24) is 10.1 Å². The van der Waals surface area contributed by atoms with Gasteiger partial charge in [-0.25, -0.2) is 4.39 Å². The van der Waals surface area contributed by atoms with Crippen LogP contribution in [0.25, 0.3) is 11.3 Å². The number of amides is 1. The van der Waals surface area contributed by atoms with Crippen LogP contribution in [0.1, 0.15) is 21.7 Å². The number of benzene rings is 2. The number of aryl methyl sites for hydroxylation is 1. The molecule has 0 spiro atoms. The number of pyridine rings is 1. The first kappa shape index (κ1) is 22.3. The normalized spacial score (nSPS) is 10.7. The van der Waals surface area contributed by atoms with E-state index in [-0.39, 0.29) is 34.2 Å². The summed E-state index contributed by atoms with van der Waals surface area (Å²) in [7, 11) is 1.52. The Hall–Kier alpha value is -3.91. The molecule has 7 nitrogen and oxygen atoms in total. The van der Waals surface area contributed by atoms with E-state index >= 15 is 0 Å². The molecular weight excluding hydrogens is 449 g/mol. The largest absolute Gasteiger partial charge is 0.493 e. The molecule has 0 atom stereocenters. The van der Waals surface area contributed by atoms with Crippen molar-refractivity contribution in [2.45, 2.75) is 13.5 Å². The molecule has 0 radical (unpaired) electrons. The van der Waals surface area contributed by atoms with Crippen LogP contribution in [0.4, 0.5) is 10.1 Å². The number of methoxy groups -OCH3 is 1. The number of carbonyl (C=O) groups excluding carboxylic acids is 1. The molecule has 0 aliphatic carbocycles. The van der Waals surface area contributed by atoms with Crippen LogP contribution < -0.4 is 14.8 Å². The summed E-state index contributed by atoms with van der Waals surface area (Å²) in [4.78, 5) is 17.2. The van der Waals surface area contributed by atoms with Gasteiger partial charge in [0.25, 0.3) is 5.91 Å². The number of halogens is 2. The molecule has 0 unspecified atom stereocenters. The van der Waals surface area contributed by atoms with Gasteiger partial charge in [-0.3, -0.25) is 9.78 Å². The highest BCUT2D eigenvalue weighted by molar-refractivity contribution is 6.33. The zero-order valence-corrected chi connectivity index (χ0v) is 18.5. The summed E-state index contributed by atoms with van der Waals surface area (Å²) in [6, 6.07) is 12.9. The summed E-state index contributed by atoms with van der Waals surface area (Å²) in [6.07, 6.45) is 3.37. The van der Waals surface area contributed by atoms with Gasteiger partial charge in [-0.05, 0) is 37.3 Å². The molecule has 0 aliphatic heterocycles. The minimum absolute atomic E-state index is 0.00334. The molecule has 0 bridgehead atoms. The third-order valence-electron chi connectivity index (χ3n) is 4.83. The predicted octanol–water partition coefficient (Wildman–Crippen LogP) is 5.68. The summed E-state index contributed by atoms with van der Waals surface area (Å²) in [5, 5.41) is 6.76. The first-order chi connectivity index (χ1) is 16.0. The Bertz CT molecular complexity index is 1270. The van der Waals surface area contributed by atoms with Crippen LogP contribution in [0.3, 0.4) is 0 Å². The SMILES string of the molecule is COc1ccc(NC(=O)c2c(-c3c(F)cccc3Cl)noc2C)cc1OCc1cccnc1. The monoisotopic (exact) mass is 467 g/mol. The molecule has 1 amide bonds. The molecule has 2 aromatic heterocycles. The van der Waals surface area contributed by atoms with E-state index in [0.29, 0.717) is 17.2 Å². The van der Waals surface area contributed by atoms with Crippen LogP contribution in [0.15, 0.2) is 65.4 Å². The van der Waals surface area contributed by atoms with E-state index in [1.807, 2.05) is 12.1 Å². The van der Waals surface area contributed by atoms with Crippen molar-refractivity contribution in [3.05, 3.63) is 88.7 Å². The van der Waals surface area contributed by atoms with E-state index < -0.39 is 11.7 Å². The van der Waals surface area contributed by atoms with E-state index in [4.69, 9.17) is 25.6 Å². The number of nitrogens with one attached hydrogen (secondary N) is 1. The van der Waals surface area contributed by atoms with Crippen LogP contribution in [0.2, 0.25) is 5.02 Å². The van der Waals surface area contributed by atoms with Gasteiger partial charge in [-0.15, -0.1) is 0 Å². The first-order valence-electron chi connectivity index (χ1n) is 9.89. The lowest BCUT2D eigenvalue weighted by Gasteiger charge is -2.13. The molecule has 0 saturated carbocycles. The maximum Gasteiger partial charge on any atom is 0.261 e. The van der Waals surface area contributed by atoms with Gasteiger partial charge < -0.3 is 19.3 Å². The molecule has 33 heavy (non-hydrogen) atoms. The van der Waals surface area contributed by atoms with Crippen LogP contribution in [-0.2, 0) is 6.61 Å². The lowest BCUT2D eigenvalue weighted by molar-refractivity contribution is 0.102. The zero-order valence-electron chi connectivity index (χ0n) is 17.8. The fourth-order valence-corrected chi connectivity index (χ4v) is 3.49. The number of carbonyl (C=O) groups is 1. The van der Waals surface area contributed by atoms with Gasteiger partial charge >= 0.3 is 0 Å². The molecular formula is C24H19ClFN3O4. The average Bonchev–Trinajstić information content (AvgIpc) is 3.19. The standard InChI is InChI=1S/C24H19ClFN3O4/c1-14-21(23(29-33-14)22-17(25)6-3-7-18(22)26)24(30)28-16-8-9-19(31-2)20(11-16)32-13-15-5-4-10-27-12-15/h3-12H,13H2,1-2H3,(H,28,30). The van der Waals surface area contributed by atoms with Crippen molar-refractivity contribution >= 4 is 23.2 Å². The van der Waals surface area contributed by atoms with E-state index in [9.17, 15) is 9.18 Å². The molecule has 0 saturated heterocycles. The van der Waals surface area contributed by atoms with Gasteiger partial charge in [0.2, 0.25) is 0 Å². The molecule has 0 aliphatic rings. The van der Waals surface area contributed by atoms with Crippen LogP contribution in [0.5, 0.6) is 11.5 Å². The number of rotatable bonds is 7. The topological polar surface area (TPSA) is 86.5 Å². The van der Waals surface area contributed by atoms with Gasteiger partial charge in [-0.2, -0.15) is 0 Å². The lowest BCUT2D eigenvalue weighted by atomic mass is 10.0. The van der Waals surface area contributed by atoms with Gasteiger partial charge in [0, 0.05) is 29.7 Å². The molecule has 4 rings (SSSR count). The highest BCUT2D eigenvalue weighted by Gasteiger charge is 2.25. The summed E-state index contributed by atoms with van der Waals surface area (Å²) >= 11 is 6.16. The van der Waals surface area contributed by atoms with Gasteiger partial charge in [-0.1, -0.05) is 28.9 Å². The van der Waals surface area contributed by atoms with Gasteiger partial charge in [0.05, 0.1) is 17.7 Å². The molecule has 2 aromatic carbocycles. The summed E-state index contributed by atoms with van der Waals surface area (Å²) in [6.45, 7) is 1.83.